The molecule has 4 aliphatic carbocycles. The van der Waals surface area contributed by atoms with Crippen molar-refractivity contribution in [3.63, 3.8) is 0 Å². The number of hydrogen-bond acceptors (Lipinski definition) is 4. The molecule has 4 saturated carbocycles. The predicted octanol–water partition coefficient (Wildman–Crippen LogP) is 4.94. The topological polar surface area (TPSA) is 68.0 Å². The molecule has 0 unspecified atom stereocenters. The van der Waals surface area contributed by atoms with Gasteiger partial charge in [0.2, 0.25) is 10.0 Å². The Balaban J connectivity index is 1.64. The average Bonchev–Trinajstić information content (AvgIpc) is 3.10. The Morgan fingerprint density at radius 1 is 1.00 bits per heavy atom. The molecule has 32 heavy (non-hydrogen) atoms. The van der Waals surface area contributed by atoms with Crippen molar-refractivity contribution in [1.82, 2.24) is 4.31 Å². The maximum atomic E-state index is 14.2. The molecule has 0 aromatic heterocycles. The summed E-state index contributed by atoms with van der Waals surface area (Å²) >= 11 is 0. The first-order valence-electron chi connectivity index (χ1n) is 12.8. The first kappa shape index (κ1) is 24.0. The first-order valence-corrected chi connectivity index (χ1v) is 14.4. The molecule has 0 spiro atoms. The van der Waals surface area contributed by atoms with Crippen LogP contribution < -0.4 is 0 Å². The van der Waals surface area contributed by atoms with E-state index >= 15 is 0 Å². The van der Waals surface area contributed by atoms with Gasteiger partial charge < -0.3 is 9.58 Å². The highest BCUT2D eigenvalue weighted by atomic mass is 32.2. The van der Waals surface area contributed by atoms with Gasteiger partial charge in [0.05, 0.1) is 5.75 Å². The lowest BCUT2D eigenvalue weighted by atomic mass is 9.69. The van der Waals surface area contributed by atoms with E-state index in [2.05, 4.69) is 18.7 Å². The molecular weight excluding hydrogens is 424 g/mol. The van der Waals surface area contributed by atoms with Crippen molar-refractivity contribution in [3.8, 4) is 0 Å². The number of sulfonamides is 1. The Morgan fingerprint density at radius 3 is 2.06 bits per heavy atom. The number of nitrogens with zero attached hydrogens (tertiary/aromatic N) is 2. The maximum Gasteiger partial charge on any atom is 0.387 e. The number of rotatable bonds is 7. The van der Waals surface area contributed by atoms with Crippen LogP contribution in [0, 0.1) is 23.3 Å². The summed E-state index contributed by atoms with van der Waals surface area (Å²) in [5.74, 6) is -0.0743. The van der Waals surface area contributed by atoms with E-state index in [0.29, 0.717) is 5.92 Å². The lowest BCUT2D eigenvalue weighted by Crippen LogP contribution is -2.54. The Morgan fingerprint density at radius 2 is 1.56 bits per heavy atom. The molecule has 180 valence electrons. The van der Waals surface area contributed by atoms with E-state index in [9.17, 15) is 13.2 Å². The highest BCUT2D eigenvalue weighted by molar-refractivity contribution is 7.89. The van der Waals surface area contributed by atoms with E-state index in [0.717, 1.165) is 70.6 Å². The van der Waals surface area contributed by atoms with Crippen LogP contribution >= 0.6 is 0 Å². The van der Waals surface area contributed by atoms with Crippen LogP contribution in [0.25, 0.3) is 4.85 Å². The summed E-state index contributed by atoms with van der Waals surface area (Å²) < 4.78 is 36.3. The van der Waals surface area contributed by atoms with E-state index < -0.39 is 27.5 Å². The first-order chi connectivity index (χ1) is 15.2. The van der Waals surface area contributed by atoms with Gasteiger partial charge in [-0.15, -0.1) is 0 Å². The van der Waals surface area contributed by atoms with Gasteiger partial charge in [-0.1, -0.05) is 52.4 Å². The van der Waals surface area contributed by atoms with Gasteiger partial charge in [-0.3, -0.25) is 0 Å². The maximum absolute atomic E-state index is 14.2. The fourth-order valence-electron chi connectivity index (χ4n) is 7.59. The van der Waals surface area contributed by atoms with Gasteiger partial charge >= 0.3 is 12.5 Å². The molecule has 0 heterocycles. The minimum Gasteiger partial charge on any atom is -0.456 e. The van der Waals surface area contributed by atoms with Gasteiger partial charge in [-0.05, 0) is 56.3 Å². The zero-order chi connectivity index (χ0) is 23.0. The minimum absolute atomic E-state index is 0.0759. The fourth-order valence-corrected chi connectivity index (χ4v) is 10.4. The monoisotopic (exact) mass is 464 g/mol. The molecule has 0 saturated heterocycles. The summed E-state index contributed by atoms with van der Waals surface area (Å²) in [6.07, 6.45) is 12.8. The van der Waals surface area contributed by atoms with Crippen LogP contribution in [0.1, 0.15) is 97.3 Å². The van der Waals surface area contributed by atoms with Crippen LogP contribution in [0.15, 0.2) is 0 Å². The largest absolute Gasteiger partial charge is 0.456 e. The smallest absolute Gasteiger partial charge is 0.387 e. The molecule has 0 radical (unpaired) electrons. The number of fused-ring (bicyclic) bond motifs is 2. The van der Waals surface area contributed by atoms with Crippen molar-refractivity contribution in [1.29, 1.82) is 0 Å². The van der Waals surface area contributed by atoms with Crippen molar-refractivity contribution in [2.24, 2.45) is 16.7 Å². The standard InChI is InChI=1S/C25H40N2O4S/c1-24(2)19-14-15-25(24,22(16-19)31-23(28)17-26-3)18-32(29,30)27(20-10-6-4-7-11-20)21-12-8-5-9-13-21/h19-22H,4-18H2,1-2H3/t19-,22-,25-/m1/s1. The van der Waals surface area contributed by atoms with Crippen molar-refractivity contribution < 1.29 is 17.9 Å². The molecule has 0 aliphatic heterocycles. The summed E-state index contributed by atoms with van der Waals surface area (Å²) in [5, 5.41) is 0. The molecule has 0 aromatic rings. The number of hydrogen-bond donors (Lipinski definition) is 0. The molecule has 0 N–H and O–H groups in total. The molecule has 4 fully saturated rings. The van der Waals surface area contributed by atoms with E-state index in [-0.39, 0.29) is 29.8 Å². The summed E-state index contributed by atoms with van der Waals surface area (Å²) in [4.78, 5) is 15.4. The summed E-state index contributed by atoms with van der Waals surface area (Å²) in [6.45, 7) is 11.0. The lowest BCUT2D eigenvalue weighted by molar-refractivity contribution is -0.154. The third kappa shape index (κ3) is 4.22. The van der Waals surface area contributed by atoms with Crippen molar-refractivity contribution in [2.75, 3.05) is 12.3 Å². The second-order valence-corrected chi connectivity index (χ2v) is 13.2. The predicted molar refractivity (Wildman–Crippen MR) is 124 cm³/mol. The molecule has 4 aliphatic rings. The quantitative estimate of drug-likeness (QED) is 0.395. The third-order valence-corrected chi connectivity index (χ3v) is 11.6. The molecule has 2 bridgehead atoms. The summed E-state index contributed by atoms with van der Waals surface area (Å²) in [6, 6.07) is 0.246. The SMILES string of the molecule is [C-]#[N+]CC(=O)O[C@@H]1C[C@H]2CC[C@]1(CS(=O)(=O)N(C1CCCCC1)C1CCCCC1)C2(C)C. The molecule has 6 nitrogen and oxygen atoms in total. The fraction of sp³-hybridized carbons (Fsp3) is 0.920. The van der Waals surface area contributed by atoms with Crippen LogP contribution in [0.2, 0.25) is 0 Å². The zero-order valence-corrected chi connectivity index (χ0v) is 20.7. The Kier molecular flexibility index (Phi) is 6.94. The van der Waals surface area contributed by atoms with Crippen LogP contribution in [0.3, 0.4) is 0 Å². The Bertz CT molecular complexity index is 818. The molecule has 4 rings (SSSR count). The van der Waals surface area contributed by atoms with Gasteiger partial charge in [0.15, 0.2) is 0 Å². The van der Waals surface area contributed by atoms with E-state index in [1.54, 1.807) is 0 Å². The normalized spacial score (nSPS) is 33.3. The molecular formula is C25H40N2O4S. The van der Waals surface area contributed by atoms with Crippen molar-refractivity contribution >= 4 is 16.0 Å². The number of carbonyl (C=O) groups is 1. The molecule has 0 aromatic carbocycles. The van der Waals surface area contributed by atoms with Crippen LogP contribution in [0.4, 0.5) is 0 Å². The van der Waals surface area contributed by atoms with Crippen molar-refractivity contribution in [3.05, 3.63) is 11.4 Å². The van der Waals surface area contributed by atoms with Gasteiger partial charge in [0, 0.05) is 17.5 Å². The highest BCUT2D eigenvalue weighted by Crippen LogP contribution is 2.67. The summed E-state index contributed by atoms with van der Waals surface area (Å²) in [5.41, 5.74) is -0.760. The second-order valence-electron chi connectivity index (χ2n) is 11.3. The van der Waals surface area contributed by atoms with E-state index in [1.807, 2.05) is 4.31 Å². The molecule has 3 atom stereocenters. The molecule has 7 heteroatoms. The highest BCUT2D eigenvalue weighted by Gasteiger charge is 2.67. The van der Waals surface area contributed by atoms with Gasteiger partial charge in [0.1, 0.15) is 6.10 Å². The van der Waals surface area contributed by atoms with Crippen LogP contribution in [-0.2, 0) is 19.6 Å². The van der Waals surface area contributed by atoms with E-state index in [4.69, 9.17) is 11.3 Å². The third-order valence-electron chi connectivity index (χ3n) is 9.47. The number of carbonyl (C=O) groups excluding carboxylic acids is 1. The average molecular weight is 465 g/mol. The lowest BCUT2D eigenvalue weighted by Gasteiger charge is -2.46. The van der Waals surface area contributed by atoms with Crippen molar-refractivity contribution in [2.45, 2.75) is 116 Å². The minimum atomic E-state index is -3.52. The van der Waals surface area contributed by atoms with Crippen LogP contribution in [-0.4, -0.2) is 49.2 Å². The Hall–Kier alpha value is -1.13. The number of ether oxygens (including phenoxy) is 1. The van der Waals surface area contributed by atoms with Gasteiger partial charge in [-0.2, -0.15) is 4.31 Å². The van der Waals surface area contributed by atoms with E-state index in [1.165, 1.54) is 12.8 Å². The number of esters is 1. The molecule has 0 amide bonds. The van der Waals surface area contributed by atoms with Gasteiger partial charge in [-0.25, -0.2) is 19.8 Å². The Labute approximate surface area is 194 Å². The summed E-state index contributed by atoms with van der Waals surface area (Å²) in [7, 11) is -3.52. The second kappa shape index (κ2) is 9.25. The van der Waals surface area contributed by atoms with Crippen LogP contribution in [0.5, 0.6) is 0 Å². The van der Waals surface area contributed by atoms with Gasteiger partial charge in [0.25, 0.3) is 0 Å². The zero-order valence-electron chi connectivity index (χ0n) is 19.9.